The molecular weight excluding hydrogens is 324 g/mol. The van der Waals surface area contributed by atoms with E-state index in [1.165, 1.54) is 49.7 Å². The molecule has 4 aliphatic carbocycles. The molecule has 4 aliphatic rings. The fourth-order valence-electron chi connectivity index (χ4n) is 6.10. The second-order valence-electron chi connectivity index (χ2n) is 9.19. The second-order valence-corrected chi connectivity index (χ2v) is 9.19. The third-order valence-electron chi connectivity index (χ3n) is 7.30. The monoisotopic (exact) mass is 356 g/mol. The highest BCUT2D eigenvalue weighted by atomic mass is 16.5. The second kappa shape index (κ2) is 6.79. The van der Waals surface area contributed by atoms with Crippen molar-refractivity contribution in [2.45, 2.75) is 65.3 Å². The Morgan fingerprint density at radius 3 is 2.31 bits per heavy atom. The van der Waals surface area contributed by atoms with Crippen LogP contribution in [0.15, 0.2) is 18.2 Å². The standard InChI is InChI=1S/C22H32N2O2/c1-14-4-5-20(6-15(14)2)26-13-23-21(25)24-16(3)22-10-17-7-18(11-22)9-19(8-17)12-22/h4-6,16-19H,7-13H2,1-3H3,(H2,23,24,25). The van der Waals surface area contributed by atoms with Crippen LogP contribution in [0.1, 0.15) is 56.6 Å². The Morgan fingerprint density at radius 1 is 1.12 bits per heavy atom. The molecule has 4 saturated carbocycles. The molecule has 1 aromatic rings. The number of aryl methyl sites for hydroxylation is 2. The molecule has 1 atom stereocenters. The van der Waals surface area contributed by atoms with E-state index in [-0.39, 0.29) is 18.8 Å². The van der Waals surface area contributed by atoms with Crippen LogP contribution in [0, 0.1) is 37.0 Å². The first kappa shape index (κ1) is 17.7. The number of amides is 2. The number of nitrogens with one attached hydrogen (secondary N) is 2. The van der Waals surface area contributed by atoms with Crippen molar-refractivity contribution in [2.24, 2.45) is 23.2 Å². The smallest absolute Gasteiger partial charge is 0.317 e. The summed E-state index contributed by atoms with van der Waals surface area (Å²) in [6.45, 7) is 6.55. The van der Waals surface area contributed by atoms with Gasteiger partial charge in [0.15, 0.2) is 6.73 Å². The van der Waals surface area contributed by atoms with E-state index < -0.39 is 0 Å². The van der Waals surface area contributed by atoms with E-state index in [4.69, 9.17) is 4.74 Å². The molecule has 0 spiro atoms. The zero-order chi connectivity index (χ0) is 18.3. The summed E-state index contributed by atoms with van der Waals surface area (Å²) < 4.78 is 5.67. The third-order valence-corrected chi connectivity index (χ3v) is 7.30. The lowest BCUT2D eigenvalue weighted by Crippen LogP contribution is -2.57. The topological polar surface area (TPSA) is 50.4 Å². The van der Waals surface area contributed by atoms with Gasteiger partial charge in [-0.1, -0.05) is 6.07 Å². The average Bonchev–Trinajstić information content (AvgIpc) is 2.57. The molecule has 5 rings (SSSR count). The van der Waals surface area contributed by atoms with Gasteiger partial charge in [-0.25, -0.2) is 4.79 Å². The zero-order valence-corrected chi connectivity index (χ0v) is 16.3. The molecule has 26 heavy (non-hydrogen) atoms. The number of carbonyl (C=O) groups excluding carboxylic acids is 1. The van der Waals surface area contributed by atoms with Crippen LogP contribution in [0.4, 0.5) is 4.79 Å². The van der Waals surface area contributed by atoms with Crippen LogP contribution in [0.5, 0.6) is 5.75 Å². The molecule has 0 aromatic heterocycles. The van der Waals surface area contributed by atoms with Gasteiger partial charge < -0.3 is 15.4 Å². The highest BCUT2D eigenvalue weighted by Crippen LogP contribution is 2.61. The molecule has 0 heterocycles. The van der Waals surface area contributed by atoms with Crippen molar-refractivity contribution in [3.8, 4) is 5.75 Å². The van der Waals surface area contributed by atoms with Gasteiger partial charge in [0.05, 0.1) is 0 Å². The molecule has 4 nitrogen and oxygen atoms in total. The van der Waals surface area contributed by atoms with E-state index >= 15 is 0 Å². The maximum absolute atomic E-state index is 12.4. The number of hydrogen-bond acceptors (Lipinski definition) is 2. The van der Waals surface area contributed by atoms with Crippen LogP contribution >= 0.6 is 0 Å². The highest BCUT2D eigenvalue weighted by molar-refractivity contribution is 5.74. The van der Waals surface area contributed by atoms with Crippen LogP contribution in [-0.4, -0.2) is 18.8 Å². The Balaban J connectivity index is 1.27. The zero-order valence-electron chi connectivity index (χ0n) is 16.3. The Bertz CT molecular complexity index is 649. The van der Waals surface area contributed by atoms with E-state index in [2.05, 4.69) is 31.4 Å². The van der Waals surface area contributed by atoms with Gasteiger partial charge in [-0.05, 0) is 106 Å². The Morgan fingerprint density at radius 2 is 1.73 bits per heavy atom. The molecule has 142 valence electrons. The minimum absolute atomic E-state index is 0.114. The first-order valence-electron chi connectivity index (χ1n) is 10.2. The van der Waals surface area contributed by atoms with Gasteiger partial charge >= 0.3 is 6.03 Å². The molecule has 1 aromatic carbocycles. The molecule has 0 aliphatic heterocycles. The van der Waals surface area contributed by atoms with Crippen LogP contribution in [-0.2, 0) is 0 Å². The average molecular weight is 357 g/mol. The molecule has 1 unspecified atom stereocenters. The lowest BCUT2D eigenvalue weighted by Gasteiger charge is -2.59. The molecule has 2 amide bonds. The summed E-state index contributed by atoms with van der Waals surface area (Å²) in [6, 6.07) is 6.11. The van der Waals surface area contributed by atoms with E-state index in [0.717, 1.165) is 23.5 Å². The first-order chi connectivity index (χ1) is 12.4. The van der Waals surface area contributed by atoms with Crippen molar-refractivity contribution in [1.82, 2.24) is 10.6 Å². The highest BCUT2D eigenvalue weighted by Gasteiger charge is 2.53. The lowest BCUT2D eigenvalue weighted by atomic mass is 9.48. The first-order valence-corrected chi connectivity index (χ1v) is 10.2. The fraction of sp³-hybridized carbons (Fsp3) is 0.682. The molecule has 0 radical (unpaired) electrons. The number of ether oxygens (including phenoxy) is 1. The molecule has 4 fully saturated rings. The van der Waals surface area contributed by atoms with Gasteiger partial charge in [-0.2, -0.15) is 0 Å². The number of urea groups is 1. The largest absolute Gasteiger partial charge is 0.473 e. The van der Waals surface area contributed by atoms with Gasteiger partial charge in [0.1, 0.15) is 5.75 Å². The molecule has 4 bridgehead atoms. The van der Waals surface area contributed by atoms with Crippen molar-refractivity contribution in [3.63, 3.8) is 0 Å². The predicted molar refractivity (Wildman–Crippen MR) is 103 cm³/mol. The number of benzene rings is 1. The van der Waals surface area contributed by atoms with Gasteiger partial charge in [-0.3, -0.25) is 0 Å². The summed E-state index contributed by atoms with van der Waals surface area (Å²) in [7, 11) is 0. The van der Waals surface area contributed by atoms with Crippen molar-refractivity contribution in [1.29, 1.82) is 0 Å². The summed E-state index contributed by atoms with van der Waals surface area (Å²) in [4.78, 5) is 12.4. The van der Waals surface area contributed by atoms with Gasteiger partial charge in [0.25, 0.3) is 0 Å². The minimum Gasteiger partial charge on any atom is -0.473 e. The number of rotatable bonds is 5. The van der Waals surface area contributed by atoms with Crippen molar-refractivity contribution < 1.29 is 9.53 Å². The summed E-state index contributed by atoms with van der Waals surface area (Å²) in [6.07, 6.45) is 8.21. The maximum atomic E-state index is 12.4. The number of hydrogen-bond donors (Lipinski definition) is 2. The van der Waals surface area contributed by atoms with E-state index in [1.54, 1.807) is 0 Å². The van der Waals surface area contributed by atoms with Crippen LogP contribution in [0.25, 0.3) is 0 Å². The van der Waals surface area contributed by atoms with E-state index in [9.17, 15) is 4.79 Å². The van der Waals surface area contributed by atoms with Crippen molar-refractivity contribution >= 4 is 6.03 Å². The summed E-state index contributed by atoms with van der Waals surface area (Å²) in [5.41, 5.74) is 2.77. The van der Waals surface area contributed by atoms with Gasteiger partial charge in [0.2, 0.25) is 0 Å². The van der Waals surface area contributed by atoms with Crippen LogP contribution in [0.3, 0.4) is 0 Å². The van der Waals surface area contributed by atoms with Gasteiger partial charge in [0, 0.05) is 6.04 Å². The Kier molecular flexibility index (Phi) is 4.62. The van der Waals surface area contributed by atoms with Crippen molar-refractivity contribution in [3.05, 3.63) is 29.3 Å². The molecule has 2 N–H and O–H groups in total. The molecule has 0 saturated heterocycles. The molecular formula is C22H32N2O2. The van der Waals surface area contributed by atoms with E-state index in [0.29, 0.717) is 5.41 Å². The minimum atomic E-state index is -0.114. The summed E-state index contributed by atoms with van der Waals surface area (Å²) in [5, 5.41) is 6.07. The SMILES string of the molecule is Cc1ccc(OCNC(=O)NC(C)C23CC4CC(CC(C4)C2)C3)cc1C. The van der Waals surface area contributed by atoms with Gasteiger partial charge in [-0.15, -0.1) is 0 Å². The van der Waals surface area contributed by atoms with Crippen molar-refractivity contribution in [2.75, 3.05) is 6.73 Å². The summed E-state index contributed by atoms with van der Waals surface area (Å²) in [5.74, 6) is 3.51. The predicted octanol–water partition coefficient (Wildman–Crippen LogP) is 4.54. The third kappa shape index (κ3) is 3.43. The molecule has 4 heteroatoms. The Hall–Kier alpha value is -1.71. The Labute approximate surface area is 157 Å². The van der Waals surface area contributed by atoms with Crippen LogP contribution in [0.2, 0.25) is 0 Å². The number of carbonyl (C=O) groups is 1. The van der Waals surface area contributed by atoms with E-state index in [1.807, 2.05) is 18.2 Å². The quantitative estimate of drug-likeness (QED) is 0.761. The maximum Gasteiger partial charge on any atom is 0.317 e. The summed E-state index contributed by atoms with van der Waals surface area (Å²) >= 11 is 0. The van der Waals surface area contributed by atoms with Crippen LogP contribution < -0.4 is 15.4 Å². The fourth-order valence-corrected chi connectivity index (χ4v) is 6.10. The normalized spacial score (nSPS) is 33.0. The lowest BCUT2D eigenvalue weighted by molar-refractivity contribution is -0.0682.